The van der Waals surface area contributed by atoms with Crippen LogP contribution in [0.25, 0.3) is 16.8 Å². The van der Waals surface area contributed by atoms with Crippen molar-refractivity contribution < 1.29 is 19.4 Å². The van der Waals surface area contributed by atoms with Crippen LogP contribution >= 0.6 is 0 Å². The number of ketones is 1. The maximum atomic E-state index is 12.3. The van der Waals surface area contributed by atoms with Crippen LogP contribution < -0.4 is 9.47 Å². The first-order chi connectivity index (χ1) is 12.1. The lowest BCUT2D eigenvalue weighted by molar-refractivity contribution is 0.104. The SMILES string of the molecule is COc1ccc2cc(C=CC(=O)c3ccc(O)c(OC)c3)ccc2c1. The minimum absolute atomic E-state index is 0.00740. The van der Waals surface area contributed by atoms with Crippen molar-refractivity contribution in [3.63, 3.8) is 0 Å². The predicted octanol–water partition coefficient (Wildman–Crippen LogP) is 4.46. The highest BCUT2D eigenvalue weighted by molar-refractivity contribution is 6.07. The van der Waals surface area contributed by atoms with Crippen molar-refractivity contribution in [2.75, 3.05) is 14.2 Å². The third kappa shape index (κ3) is 3.63. The fourth-order valence-corrected chi connectivity index (χ4v) is 2.57. The molecule has 0 aliphatic heterocycles. The standard InChI is InChI=1S/C21H18O4/c1-24-18-8-6-15-11-14(3-5-16(15)12-18)4-9-19(22)17-7-10-20(23)21(13-17)25-2/h3-13,23H,1-2H3. The number of allylic oxidation sites excluding steroid dienone is 1. The zero-order valence-electron chi connectivity index (χ0n) is 14.0. The molecule has 0 heterocycles. The minimum atomic E-state index is -0.159. The summed E-state index contributed by atoms with van der Waals surface area (Å²) in [7, 11) is 3.09. The summed E-state index contributed by atoms with van der Waals surface area (Å²) in [6, 6.07) is 16.3. The first-order valence-corrected chi connectivity index (χ1v) is 7.78. The minimum Gasteiger partial charge on any atom is -0.504 e. The van der Waals surface area contributed by atoms with Gasteiger partial charge in [-0.2, -0.15) is 0 Å². The van der Waals surface area contributed by atoms with Gasteiger partial charge in [0.15, 0.2) is 17.3 Å². The van der Waals surface area contributed by atoms with Crippen LogP contribution in [0.4, 0.5) is 0 Å². The van der Waals surface area contributed by atoms with Crippen molar-refractivity contribution in [1.29, 1.82) is 0 Å². The Bertz CT molecular complexity index is 957. The Morgan fingerprint density at radius 1 is 0.920 bits per heavy atom. The lowest BCUT2D eigenvalue weighted by Crippen LogP contribution is -1.95. The van der Waals surface area contributed by atoms with E-state index in [1.54, 1.807) is 19.3 Å². The summed E-state index contributed by atoms with van der Waals surface area (Å²) in [6.07, 6.45) is 3.28. The zero-order valence-corrected chi connectivity index (χ0v) is 14.0. The summed E-state index contributed by atoms with van der Waals surface area (Å²) < 4.78 is 10.3. The number of fused-ring (bicyclic) bond motifs is 1. The molecule has 0 aliphatic carbocycles. The Hall–Kier alpha value is -3.27. The second-order valence-corrected chi connectivity index (χ2v) is 5.56. The van der Waals surface area contributed by atoms with Crippen LogP contribution in [-0.2, 0) is 0 Å². The molecule has 3 aromatic carbocycles. The molecule has 0 aromatic heterocycles. The van der Waals surface area contributed by atoms with Gasteiger partial charge in [0.25, 0.3) is 0 Å². The Balaban J connectivity index is 1.83. The Morgan fingerprint density at radius 3 is 2.44 bits per heavy atom. The molecule has 3 aromatic rings. The molecular weight excluding hydrogens is 316 g/mol. The molecule has 126 valence electrons. The molecule has 0 aliphatic rings. The maximum Gasteiger partial charge on any atom is 0.185 e. The van der Waals surface area contributed by atoms with E-state index >= 15 is 0 Å². The van der Waals surface area contributed by atoms with Crippen LogP contribution in [0.5, 0.6) is 17.2 Å². The quantitative estimate of drug-likeness (QED) is 0.553. The lowest BCUT2D eigenvalue weighted by atomic mass is 10.0. The van der Waals surface area contributed by atoms with E-state index in [2.05, 4.69) is 0 Å². The van der Waals surface area contributed by atoms with Crippen molar-refractivity contribution in [2.45, 2.75) is 0 Å². The summed E-state index contributed by atoms with van der Waals surface area (Å²) in [4.78, 5) is 12.3. The highest BCUT2D eigenvalue weighted by Gasteiger charge is 2.07. The van der Waals surface area contributed by atoms with Crippen molar-refractivity contribution in [3.8, 4) is 17.2 Å². The number of benzene rings is 3. The fraction of sp³-hybridized carbons (Fsp3) is 0.0952. The smallest absolute Gasteiger partial charge is 0.185 e. The predicted molar refractivity (Wildman–Crippen MR) is 98.5 cm³/mol. The van der Waals surface area contributed by atoms with Crippen LogP contribution in [0.1, 0.15) is 15.9 Å². The normalized spacial score (nSPS) is 11.0. The molecule has 4 nitrogen and oxygen atoms in total. The third-order valence-corrected chi connectivity index (χ3v) is 3.96. The first-order valence-electron chi connectivity index (χ1n) is 7.78. The van der Waals surface area contributed by atoms with E-state index in [1.807, 2.05) is 36.4 Å². The van der Waals surface area contributed by atoms with E-state index in [0.29, 0.717) is 5.56 Å². The molecule has 0 unspecified atom stereocenters. The Labute approximate surface area is 145 Å². The van der Waals surface area contributed by atoms with Crippen LogP contribution in [0.15, 0.2) is 60.7 Å². The maximum absolute atomic E-state index is 12.3. The van der Waals surface area contributed by atoms with Crippen LogP contribution in [0.2, 0.25) is 0 Å². The third-order valence-electron chi connectivity index (χ3n) is 3.96. The molecule has 0 bridgehead atoms. The Morgan fingerprint density at radius 2 is 1.68 bits per heavy atom. The number of methoxy groups -OCH3 is 2. The van der Waals surface area contributed by atoms with E-state index in [0.717, 1.165) is 22.1 Å². The van der Waals surface area contributed by atoms with Crippen LogP contribution in [-0.4, -0.2) is 25.1 Å². The van der Waals surface area contributed by atoms with Crippen molar-refractivity contribution >= 4 is 22.6 Å². The number of carbonyl (C=O) groups is 1. The average Bonchev–Trinajstić information content (AvgIpc) is 2.65. The first kappa shape index (κ1) is 16.6. The van der Waals surface area contributed by atoms with Gasteiger partial charge in [0, 0.05) is 5.56 Å². The second kappa shape index (κ2) is 7.09. The van der Waals surface area contributed by atoms with Crippen molar-refractivity contribution in [1.82, 2.24) is 0 Å². The van der Waals surface area contributed by atoms with Gasteiger partial charge < -0.3 is 14.6 Å². The number of rotatable bonds is 5. The van der Waals surface area contributed by atoms with Gasteiger partial charge in [-0.05, 0) is 58.8 Å². The number of aromatic hydroxyl groups is 1. The summed E-state index contributed by atoms with van der Waals surface area (Å²) >= 11 is 0. The summed E-state index contributed by atoms with van der Waals surface area (Å²) in [5.41, 5.74) is 1.38. The van der Waals surface area contributed by atoms with Gasteiger partial charge in [-0.3, -0.25) is 4.79 Å². The van der Waals surface area contributed by atoms with E-state index in [1.165, 1.54) is 25.3 Å². The molecular formula is C21H18O4. The van der Waals surface area contributed by atoms with Crippen LogP contribution in [0, 0.1) is 0 Å². The van der Waals surface area contributed by atoms with Crippen LogP contribution in [0.3, 0.4) is 0 Å². The molecule has 0 saturated heterocycles. The number of carbonyl (C=O) groups excluding carboxylic acids is 1. The molecule has 0 spiro atoms. The molecule has 4 heteroatoms. The molecule has 0 saturated carbocycles. The number of phenolic OH excluding ortho intramolecular Hbond substituents is 1. The molecule has 1 N–H and O–H groups in total. The summed E-state index contributed by atoms with van der Waals surface area (Å²) in [6.45, 7) is 0. The van der Waals surface area contributed by atoms with Gasteiger partial charge in [0.05, 0.1) is 14.2 Å². The van der Waals surface area contributed by atoms with E-state index in [-0.39, 0.29) is 17.3 Å². The van der Waals surface area contributed by atoms with Gasteiger partial charge in [-0.15, -0.1) is 0 Å². The molecule has 0 atom stereocenters. The monoisotopic (exact) mass is 334 g/mol. The van der Waals surface area contributed by atoms with Crippen molar-refractivity contribution in [2.24, 2.45) is 0 Å². The highest BCUT2D eigenvalue weighted by atomic mass is 16.5. The van der Waals surface area contributed by atoms with Gasteiger partial charge in [-0.25, -0.2) is 0 Å². The zero-order chi connectivity index (χ0) is 17.8. The molecule has 0 radical (unpaired) electrons. The summed E-state index contributed by atoms with van der Waals surface area (Å²) in [5.74, 6) is 0.937. The van der Waals surface area contributed by atoms with Gasteiger partial charge in [0.2, 0.25) is 0 Å². The molecule has 3 rings (SSSR count). The fourth-order valence-electron chi connectivity index (χ4n) is 2.57. The Kier molecular flexibility index (Phi) is 4.70. The number of hydrogen-bond donors (Lipinski definition) is 1. The molecule has 25 heavy (non-hydrogen) atoms. The second-order valence-electron chi connectivity index (χ2n) is 5.56. The average molecular weight is 334 g/mol. The van der Waals surface area contributed by atoms with Gasteiger partial charge in [-0.1, -0.05) is 24.3 Å². The lowest BCUT2D eigenvalue weighted by Gasteiger charge is -2.05. The van der Waals surface area contributed by atoms with Crippen molar-refractivity contribution in [3.05, 3.63) is 71.8 Å². The van der Waals surface area contributed by atoms with E-state index in [9.17, 15) is 9.90 Å². The van der Waals surface area contributed by atoms with E-state index < -0.39 is 0 Å². The molecule has 0 fully saturated rings. The topological polar surface area (TPSA) is 55.8 Å². The van der Waals surface area contributed by atoms with Gasteiger partial charge >= 0.3 is 0 Å². The number of phenols is 1. The van der Waals surface area contributed by atoms with Gasteiger partial charge in [0.1, 0.15) is 5.75 Å². The number of ether oxygens (including phenoxy) is 2. The molecule has 0 amide bonds. The highest BCUT2D eigenvalue weighted by Crippen LogP contribution is 2.27. The largest absolute Gasteiger partial charge is 0.504 e. The summed E-state index contributed by atoms with van der Waals surface area (Å²) in [5, 5.41) is 11.7. The number of hydrogen-bond acceptors (Lipinski definition) is 4. The van der Waals surface area contributed by atoms with E-state index in [4.69, 9.17) is 9.47 Å².